The van der Waals surface area contributed by atoms with Crippen LogP contribution in [0.15, 0.2) is 0 Å². The van der Waals surface area contributed by atoms with Crippen LogP contribution < -0.4 is 0 Å². The first-order valence-electron chi connectivity index (χ1n) is 2.26. The topological polar surface area (TPSA) is 0 Å². The Morgan fingerprint density at radius 1 is 1.17 bits per heavy atom. The summed E-state index contributed by atoms with van der Waals surface area (Å²) in [5, 5.41) is 0. The molecule has 0 unspecified atom stereocenters. The van der Waals surface area contributed by atoms with E-state index in [0.29, 0.717) is 9.93 Å². The lowest BCUT2D eigenvalue weighted by molar-refractivity contribution is 0.949. The molecule has 0 spiro atoms. The van der Waals surface area contributed by atoms with Crippen molar-refractivity contribution >= 4 is 21.6 Å². The third-order valence-electron chi connectivity index (χ3n) is 1.01. The molecule has 0 aromatic heterocycles. The van der Waals surface area contributed by atoms with Crippen LogP contribution >= 0.6 is 11.7 Å². The minimum Gasteiger partial charge on any atom is -0.00242 e. The zero-order chi connectivity index (χ0) is 4.41. The summed E-state index contributed by atoms with van der Waals surface area (Å²) in [4.78, 5) is 0. The molecule has 0 bridgehead atoms. The normalized spacial score (nSPS) is 25.5. The monoisotopic (exact) mass is 121 g/mol. The van der Waals surface area contributed by atoms with Crippen LogP contribution in [0.25, 0.3) is 0 Å². The van der Waals surface area contributed by atoms with Crippen LogP contribution in [0.5, 0.6) is 0 Å². The second-order valence-corrected chi connectivity index (χ2v) is 4.87. The molecule has 1 saturated heterocycles. The van der Waals surface area contributed by atoms with Crippen LogP contribution in [-0.4, -0.2) is 11.5 Å². The van der Waals surface area contributed by atoms with Crippen molar-refractivity contribution in [2.75, 3.05) is 11.5 Å². The smallest absolute Gasteiger partial charge is 0.00242 e. The summed E-state index contributed by atoms with van der Waals surface area (Å²) in [6, 6.07) is 0. The van der Waals surface area contributed by atoms with Crippen LogP contribution in [0.4, 0.5) is 0 Å². The zero-order valence-corrected chi connectivity index (χ0v) is 5.39. The number of thiol groups is 1. The van der Waals surface area contributed by atoms with E-state index in [0.717, 1.165) is 0 Å². The van der Waals surface area contributed by atoms with Crippen LogP contribution in [0, 0.1) is 0 Å². The average molecular weight is 121 g/mol. The van der Waals surface area contributed by atoms with Gasteiger partial charge in [0.25, 0.3) is 0 Å². The van der Waals surface area contributed by atoms with E-state index in [9.17, 15) is 0 Å². The molecule has 1 heterocycles. The molecule has 0 N–H and O–H groups in total. The highest BCUT2D eigenvalue weighted by Gasteiger charge is 2.18. The van der Waals surface area contributed by atoms with E-state index in [2.05, 4.69) is 11.7 Å². The van der Waals surface area contributed by atoms with E-state index in [-0.39, 0.29) is 0 Å². The van der Waals surface area contributed by atoms with Gasteiger partial charge in [0.15, 0.2) is 0 Å². The number of hydrogen-bond donors (Lipinski definition) is 1. The largest absolute Gasteiger partial charge is 0.120 e. The maximum Gasteiger partial charge on any atom is 0.120 e. The molecule has 6 heavy (non-hydrogen) atoms. The van der Waals surface area contributed by atoms with Crippen molar-refractivity contribution in [3.63, 3.8) is 0 Å². The fourth-order valence-corrected chi connectivity index (χ4v) is 2.69. The summed E-state index contributed by atoms with van der Waals surface area (Å²) in [6.45, 7) is 0. The van der Waals surface area contributed by atoms with Crippen LogP contribution in [0.1, 0.15) is 12.8 Å². The van der Waals surface area contributed by atoms with Crippen molar-refractivity contribution in [1.29, 1.82) is 0 Å². The van der Waals surface area contributed by atoms with Gasteiger partial charge in [0.1, 0.15) is 11.5 Å². The highest BCUT2D eigenvalue weighted by Crippen LogP contribution is 2.15. The first-order chi connectivity index (χ1) is 2.89. The molecule has 0 atom stereocenters. The van der Waals surface area contributed by atoms with Crippen molar-refractivity contribution in [3.8, 4) is 0 Å². The van der Waals surface area contributed by atoms with Gasteiger partial charge in [0, 0.05) is 0 Å². The minimum atomic E-state index is 0.522. The van der Waals surface area contributed by atoms with E-state index in [4.69, 9.17) is 0 Å². The van der Waals surface area contributed by atoms with Gasteiger partial charge in [0.2, 0.25) is 0 Å². The first kappa shape index (κ1) is 4.85. The Hall–Kier alpha value is 0.700. The summed E-state index contributed by atoms with van der Waals surface area (Å²) in [6.07, 6.45) is 2.85. The molecular formula is C4H9S2+. The minimum absolute atomic E-state index is 0.522. The van der Waals surface area contributed by atoms with E-state index < -0.39 is 0 Å². The lowest BCUT2D eigenvalue weighted by atomic mass is 10.4. The molecule has 36 valence electrons. The summed E-state index contributed by atoms with van der Waals surface area (Å²) in [5.41, 5.74) is 0. The van der Waals surface area contributed by atoms with Gasteiger partial charge in [0.05, 0.1) is 21.6 Å². The molecule has 0 aromatic rings. The number of hydrogen-bond acceptors (Lipinski definition) is 1. The second kappa shape index (κ2) is 2.12. The van der Waals surface area contributed by atoms with Gasteiger partial charge in [-0.1, -0.05) is 0 Å². The lowest BCUT2D eigenvalue weighted by Gasteiger charge is -1.78. The molecule has 1 aliphatic rings. The third-order valence-corrected chi connectivity index (χ3v) is 3.63. The summed E-state index contributed by atoms with van der Waals surface area (Å²) in [7, 11) is 0.522. The Balaban J connectivity index is 2.18. The predicted molar refractivity (Wildman–Crippen MR) is 35.3 cm³/mol. The fourth-order valence-electron chi connectivity index (χ4n) is 0.639. The highest BCUT2D eigenvalue weighted by molar-refractivity contribution is 8.66. The van der Waals surface area contributed by atoms with Crippen LogP contribution in [0.3, 0.4) is 0 Å². The van der Waals surface area contributed by atoms with Crippen molar-refractivity contribution in [2.45, 2.75) is 12.8 Å². The number of rotatable bonds is 0. The van der Waals surface area contributed by atoms with E-state index in [1.807, 2.05) is 0 Å². The van der Waals surface area contributed by atoms with E-state index in [1.54, 1.807) is 0 Å². The maximum atomic E-state index is 4.32. The van der Waals surface area contributed by atoms with Gasteiger partial charge in [-0.25, -0.2) is 0 Å². The third kappa shape index (κ3) is 1.09. The summed E-state index contributed by atoms with van der Waals surface area (Å²) < 4.78 is 0. The molecular weight excluding hydrogens is 112 g/mol. The van der Waals surface area contributed by atoms with Crippen molar-refractivity contribution in [3.05, 3.63) is 0 Å². The van der Waals surface area contributed by atoms with Crippen LogP contribution in [0.2, 0.25) is 0 Å². The molecule has 0 nitrogen and oxygen atoms in total. The standard InChI is InChI=1S/C4H9S2/c5-6-3-1-2-4-6/h5H,1-4H2/q+1. The first-order valence-corrected chi connectivity index (χ1v) is 4.88. The van der Waals surface area contributed by atoms with Gasteiger partial charge >= 0.3 is 0 Å². The molecule has 0 radical (unpaired) electrons. The van der Waals surface area contributed by atoms with Gasteiger partial charge in [-0.2, -0.15) is 0 Å². The predicted octanol–water partition coefficient (Wildman–Crippen LogP) is 1.24. The molecule has 0 amide bonds. The Kier molecular flexibility index (Phi) is 1.72. The summed E-state index contributed by atoms with van der Waals surface area (Å²) in [5.74, 6) is 2.76. The SMILES string of the molecule is S[S+]1CCCC1. The zero-order valence-electron chi connectivity index (χ0n) is 3.68. The second-order valence-electron chi connectivity index (χ2n) is 1.58. The fraction of sp³-hybridized carbons (Fsp3) is 1.00. The molecule has 0 aliphatic carbocycles. The van der Waals surface area contributed by atoms with Crippen molar-refractivity contribution in [1.82, 2.24) is 0 Å². The average Bonchev–Trinajstić information content (AvgIpc) is 1.86. The van der Waals surface area contributed by atoms with Gasteiger partial charge in [-0.15, -0.1) is 0 Å². The molecule has 2 heteroatoms. The van der Waals surface area contributed by atoms with Crippen LogP contribution in [-0.2, 0) is 9.93 Å². The van der Waals surface area contributed by atoms with E-state index >= 15 is 0 Å². The van der Waals surface area contributed by atoms with Gasteiger partial charge in [-0.3, -0.25) is 0 Å². The molecule has 1 fully saturated rings. The van der Waals surface area contributed by atoms with Gasteiger partial charge < -0.3 is 0 Å². The summed E-state index contributed by atoms with van der Waals surface area (Å²) >= 11 is 4.32. The molecule has 0 aromatic carbocycles. The Morgan fingerprint density at radius 3 is 1.83 bits per heavy atom. The molecule has 1 aliphatic heterocycles. The Labute approximate surface area is 46.5 Å². The molecule has 1 rings (SSSR count). The maximum absolute atomic E-state index is 4.32. The Bertz CT molecular complexity index is 38.8. The van der Waals surface area contributed by atoms with Crippen molar-refractivity contribution in [2.24, 2.45) is 0 Å². The van der Waals surface area contributed by atoms with E-state index in [1.165, 1.54) is 24.3 Å². The van der Waals surface area contributed by atoms with Crippen molar-refractivity contribution < 1.29 is 0 Å². The highest BCUT2D eigenvalue weighted by atomic mass is 33.1. The van der Waals surface area contributed by atoms with Gasteiger partial charge in [-0.05, 0) is 12.8 Å². The lowest BCUT2D eigenvalue weighted by Crippen LogP contribution is -1.88. The molecule has 0 saturated carbocycles. The quantitative estimate of drug-likeness (QED) is 0.278. The Morgan fingerprint density at radius 2 is 1.67 bits per heavy atom.